The van der Waals surface area contributed by atoms with Crippen LogP contribution in [0, 0.1) is 0 Å². The van der Waals surface area contributed by atoms with Crippen molar-refractivity contribution in [3.05, 3.63) is 46.9 Å². The number of pyridine rings is 1. The maximum Gasteiger partial charge on any atom is 0.258 e. The van der Waals surface area contributed by atoms with Crippen LogP contribution >= 0.6 is 0 Å². The Hall–Kier alpha value is -1.61. The highest BCUT2D eigenvalue weighted by Crippen LogP contribution is 2.10. The minimum absolute atomic E-state index is 0.0334. The summed E-state index contributed by atoms with van der Waals surface area (Å²) in [5.41, 5.74) is 5.59. The average Bonchev–Trinajstić information content (AvgIpc) is 2.29. The third-order valence-corrected chi connectivity index (χ3v) is 2.66. The first-order valence-corrected chi connectivity index (χ1v) is 5.04. The number of benzene rings is 1. The molecule has 0 bridgehead atoms. The van der Waals surface area contributed by atoms with Crippen molar-refractivity contribution in [1.29, 1.82) is 0 Å². The SMILES string of the molecule is CC(CN)n1ccc2ccccc2c1=O. The van der Waals surface area contributed by atoms with Crippen LogP contribution in [-0.2, 0) is 0 Å². The van der Waals surface area contributed by atoms with Crippen LogP contribution in [0.1, 0.15) is 13.0 Å². The van der Waals surface area contributed by atoms with Crippen LogP contribution in [0.5, 0.6) is 0 Å². The molecule has 15 heavy (non-hydrogen) atoms. The van der Waals surface area contributed by atoms with E-state index in [2.05, 4.69) is 0 Å². The van der Waals surface area contributed by atoms with Gasteiger partial charge in [-0.25, -0.2) is 0 Å². The van der Waals surface area contributed by atoms with E-state index >= 15 is 0 Å². The summed E-state index contributed by atoms with van der Waals surface area (Å²) in [6, 6.07) is 9.58. The van der Waals surface area contributed by atoms with Gasteiger partial charge in [0.2, 0.25) is 0 Å². The molecule has 0 aliphatic carbocycles. The summed E-state index contributed by atoms with van der Waals surface area (Å²) in [6.07, 6.45) is 1.81. The molecule has 0 aliphatic heterocycles. The molecule has 1 aromatic carbocycles. The largest absolute Gasteiger partial charge is 0.328 e. The summed E-state index contributed by atoms with van der Waals surface area (Å²) in [6.45, 7) is 2.41. The quantitative estimate of drug-likeness (QED) is 0.802. The first-order valence-electron chi connectivity index (χ1n) is 5.04. The van der Waals surface area contributed by atoms with Gasteiger partial charge in [0.1, 0.15) is 0 Å². The predicted molar refractivity (Wildman–Crippen MR) is 62.0 cm³/mol. The molecule has 0 fully saturated rings. The van der Waals surface area contributed by atoms with E-state index in [1.54, 1.807) is 4.57 Å². The molecule has 0 saturated carbocycles. The molecular formula is C12H14N2O. The average molecular weight is 202 g/mol. The Morgan fingerprint density at radius 3 is 2.80 bits per heavy atom. The fraction of sp³-hybridized carbons (Fsp3) is 0.250. The highest BCUT2D eigenvalue weighted by molar-refractivity contribution is 5.81. The monoisotopic (exact) mass is 202 g/mol. The van der Waals surface area contributed by atoms with E-state index in [4.69, 9.17) is 5.73 Å². The molecule has 0 spiro atoms. The zero-order valence-corrected chi connectivity index (χ0v) is 8.68. The Bertz CT molecular complexity index is 530. The summed E-state index contributed by atoms with van der Waals surface area (Å²) in [5, 5.41) is 1.73. The Balaban J connectivity index is 2.71. The number of nitrogens with two attached hydrogens (primary N) is 1. The lowest BCUT2D eigenvalue weighted by atomic mass is 10.1. The van der Waals surface area contributed by atoms with Crippen molar-refractivity contribution in [2.45, 2.75) is 13.0 Å². The zero-order valence-electron chi connectivity index (χ0n) is 8.68. The Kier molecular flexibility index (Phi) is 2.56. The molecule has 0 amide bonds. The van der Waals surface area contributed by atoms with E-state index in [1.807, 2.05) is 43.5 Å². The molecule has 3 nitrogen and oxygen atoms in total. The summed E-state index contributed by atoms with van der Waals surface area (Å²) in [5.74, 6) is 0. The third-order valence-electron chi connectivity index (χ3n) is 2.66. The lowest BCUT2D eigenvalue weighted by Gasteiger charge is -2.13. The van der Waals surface area contributed by atoms with Crippen molar-refractivity contribution in [3.63, 3.8) is 0 Å². The molecular weight excluding hydrogens is 188 g/mol. The lowest BCUT2D eigenvalue weighted by Crippen LogP contribution is -2.27. The predicted octanol–water partition coefficient (Wildman–Crippen LogP) is 1.52. The molecule has 2 N–H and O–H groups in total. The second-order valence-corrected chi connectivity index (χ2v) is 3.70. The molecule has 1 aromatic heterocycles. The minimum Gasteiger partial charge on any atom is -0.328 e. The van der Waals surface area contributed by atoms with Crippen LogP contribution in [0.25, 0.3) is 10.8 Å². The van der Waals surface area contributed by atoms with Crippen LogP contribution in [-0.4, -0.2) is 11.1 Å². The Morgan fingerprint density at radius 1 is 1.33 bits per heavy atom. The number of hydrogen-bond donors (Lipinski definition) is 1. The number of hydrogen-bond acceptors (Lipinski definition) is 2. The molecule has 3 heteroatoms. The van der Waals surface area contributed by atoms with Crippen LogP contribution in [0.2, 0.25) is 0 Å². The van der Waals surface area contributed by atoms with Crippen molar-refractivity contribution in [1.82, 2.24) is 4.57 Å². The summed E-state index contributed by atoms with van der Waals surface area (Å²) < 4.78 is 1.68. The van der Waals surface area contributed by atoms with Gasteiger partial charge in [0.25, 0.3) is 5.56 Å². The van der Waals surface area contributed by atoms with Gasteiger partial charge >= 0.3 is 0 Å². The van der Waals surface area contributed by atoms with Crippen LogP contribution < -0.4 is 11.3 Å². The second kappa shape index (κ2) is 3.87. The highest BCUT2D eigenvalue weighted by Gasteiger charge is 2.06. The van der Waals surface area contributed by atoms with E-state index in [-0.39, 0.29) is 11.6 Å². The molecule has 78 valence electrons. The van der Waals surface area contributed by atoms with E-state index in [1.165, 1.54) is 0 Å². The molecule has 2 aromatic rings. The lowest BCUT2D eigenvalue weighted by molar-refractivity contribution is 0.543. The minimum atomic E-state index is 0.0334. The van der Waals surface area contributed by atoms with Gasteiger partial charge in [-0.05, 0) is 24.4 Å². The maximum absolute atomic E-state index is 12.0. The van der Waals surface area contributed by atoms with E-state index < -0.39 is 0 Å². The fourth-order valence-electron chi connectivity index (χ4n) is 1.67. The second-order valence-electron chi connectivity index (χ2n) is 3.70. The summed E-state index contributed by atoms with van der Waals surface area (Å²) in [4.78, 5) is 12.0. The first-order chi connectivity index (χ1) is 7.24. The van der Waals surface area contributed by atoms with Crippen LogP contribution in [0.4, 0.5) is 0 Å². The standard InChI is InChI=1S/C12H14N2O/c1-9(8-13)14-7-6-10-4-2-3-5-11(10)12(14)15/h2-7,9H,8,13H2,1H3. The molecule has 0 aliphatic rings. The summed E-state index contributed by atoms with van der Waals surface area (Å²) >= 11 is 0. The maximum atomic E-state index is 12.0. The van der Waals surface area contributed by atoms with Crippen molar-refractivity contribution in [3.8, 4) is 0 Å². The van der Waals surface area contributed by atoms with Gasteiger partial charge in [-0.3, -0.25) is 4.79 Å². The molecule has 2 rings (SSSR count). The molecule has 0 saturated heterocycles. The summed E-state index contributed by atoms with van der Waals surface area (Å²) in [7, 11) is 0. The Morgan fingerprint density at radius 2 is 2.07 bits per heavy atom. The van der Waals surface area contributed by atoms with E-state index in [0.717, 1.165) is 10.8 Å². The normalized spacial score (nSPS) is 12.9. The smallest absolute Gasteiger partial charge is 0.258 e. The first kappa shape index (κ1) is 9.93. The topological polar surface area (TPSA) is 48.0 Å². The van der Waals surface area contributed by atoms with Gasteiger partial charge in [-0.1, -0.05) is 18.2 Å². The molecule has 1 heterocycles. The number of aromatic nitrogens is 1. The van der Waals surface area contributed by atoms with Crippen molar-refractivity contribution in [2.24, 2.45) is 5.73 Å². The third kappa shape index (κ3) is 1.66. The van der Waals surface area contributed by atoms with Gasteiger partial charge in [-0.2, -0.15) is 0 Å². The van der Waals surface area contributed by atoms with Gasteiger partial charge in [0, 0.05) is 24.2 Å². The highest BCUT2D eigenvalue weighted by atomic mass is 16.1. The van der Waals surface area contributed by atoms with Crippen LogP contribution in [0.15, 0.2) is 41.3 Å². The van der Waals surface area contributed by atoms with Crippen molar-refractivity contribution < 1.29 is 0 Å². The molecule has 1 atom stereocenters. The van der Waals surface area contributed by atoms with Crippen LogP contribution in [0.3, 0.4) is 0 Å². The fourth-order valence-corrected chi connectivity index (χ4v) is 1.67. The van der Waals surface area contributed by atoms with Crippen molar-refractivity contribution in [2.75, 3.05) is 6.54 Å². The Labute approximate surface area is 88.1 Å². The zero-order chi connectivity index (χ0) is 10.8. The van der Waals surface area contributed by atoms with Gasteiger partial charge in [0.15, 0.2) is 0 Å². The number of rotatable bonds is 2. The number of nitrogens with zero attached hydrogens (tertiary/aromatic N) is 1. The molecule has 0 radical (unpaired) electrons. The van der Waals surface area contributed by atoms with Crippen molar-refractivity contribution >= 4 is 10.8 Å². The van der Waals surface area contributed by atoms with E-state index in [9.17, 15) is 4.79 Å². The van der Waals surface area contributed by atoms with E-state index in [0.29, 0.717) is 6.54 Å². The number of fused-ring (bicyclic) bond motifs is 1. The molecule has 1 unspecified atom stereocenters. The van der Waals surface area contributed by atoms with Gasteiger partial charge < -0.3 is 10.3 Å². The van der Waals surface area contributed by atoms with Gasteiger partial charge in [-0.15, -0.1) is 0 Å². The van der Waals surface area contributed by atoms with Gasteiger partial charge in [0.05, 0.1) is 0 Å².